The van der Waals surface area contributed by atoms with E-state index in [-0.39, 0.29) is 24.4 Å². The number of likely N-dealkylation sites (tertiary alicyclic amines) is 1. The van der Waals surface area contributed by atoms with Crippen LogP contribution in [0.25, 0.3) is 0 Å². The maximum absolute atomic E-state index is 12.5. The maximum Gasteiger partial charge on any atom is 0.254 e. The summed E-state index contributed by atoms with van der Waals surface area (Å²) in [7, 11) is 0. The van der Waals surface area contributed by atoms with Gasteiger partial charge >= 0.3 is 0 Å². The van der Waals surface area contributed by atoms with Crippen molar-refractivity contribution < 1.29 is 4.79 Å². The van der Waals surface area contributed by atoms with Crippen LogP contribution in [0.2, 0.25) is 0 Å². The Balaban J connectivity index is 0.00000200. The number of benzene rings is 1. The molecule has 0 bridgehead atoms. The van der Waals surface area contributed by atoms with E-state index >= 15 is 0 Å². The normalized spacial score (nSPS) is 17.5. The van der Waals surface area contributed by atoms with Crippen molar-refractivity contribution in [3.8, 4) is 0 Å². The van der Waals surface area contributed by atoms with Gasteiger partial charge in [-0.05, 0) is 72.9 Å². The molecule has 1 unspecified atom stereocenters. The molecule has 0 spiro atoms. The van der Waals surface area contributed by atoms with E-state index in [1.54, 1.807) is 0 Å². The highest BCUT2D eigenvalue weighted by Crippen LogP contribution is 2.23. The van der Waals surface area contributed by atoms with E-state index in [4.69, 9.17) is 5.73 Å². The lowest BCUT2D eigenvalue weighted by Gasteiger charge is -2.34. The zero-order valence-corrected chi connectivity index (χ0v) is 14.9. The van der Waals surface area contributed by atoms with Crippen LogP contribution in [0.3, 0.4) is 0 Å². The van der Waals surface area contributed by atoms with Gasteiger partial charge in [0.15, 0.2) is 0 Å². The van der Waals surface area contributed by atoms with Crippen molar-refractivity contribution in [2.24, 2.45) is 11.7 Å². The van der Waals surface area contributed by atoms with Crippen LogP contribution in [0.4, 0.5) is 0 Å². The first kappa shape index (κ1) is 17.7. The molecule has 1 fully saturated rings. The summed E-state index contributed by atoms with van der Waals surface area (Å²) in [5.74, 6) is 0.722. The molecule has 5 heteroatoms. The fraction of sp³-hybridized carbons (Fsp3) is 0.533. The molecule has 2 rings (SSSR count). The second kappa shape index (κ2) is 7.61. The molecule has 1 saturated heterocycles. The number of nitrogens with two attached hydrogens (primary N) is 1. The Morgan fingerprint density at radius 1 is 1.40 bits per heavy atom. The predicted molar refractivity (Wildman–Crippen MR) is 93.4 cm³/mol. The SMILES string of the molecule is Cc1c(I)cccc1C(=O)N1CCC(C(C)N)CC1.Cl. The minimum absolute atomic E-state index is 0. The molecule has 0 aliphatic carbocycles. The quantitative estimate of drug-likeness (QED) is 0.764. The van der Waals surface area contributed by atoms with Crippen molar-refractivity contribution in [3.05, 3.63) is 32.9 Å². The number of nitrogens with zero attached hydrogens (tertiary/aromatic N) is 1. The molecule has 1 aromatic rings. The topological polar surface area (TPSA) is 46.3 Å². The highest BCUT2D eigenvalue weighted by molar-refractivity contribution is 14.1. The van der Waals surface area contributed by atoms with Crippen molar-refractivity contribution in [1.29, 1.82) is 0 Å². The summed E-state index contributed by atoms with van der Waals surface area (Å²) in [5.41, 5.74) is 7.86. The third-order valence-electron chi connectivity index (χ3n) is 4.07. The lowest BCUT2D eigenvalue weighted by Crippen LogP contribution is -2.42. The van der Waals surface area contributed by atoms with Gasteiger partial charge in [0, 0.05) is 28.3 Å². The molecule has 0 saturated carbocycles. The van der Waals surface area contributed by atoms with Crippen LogP contribution in [0, 0.1) is 16.4 Å². The first-order chi connectivity index (χ1) is 9.00. The minimum atomic E-state index is 0. The lowest BCUT2D eigenvalue weighted by atomic mass is 9.90. The van der Waals surface area contributed by atoms with Gasteiger partial charge in [-0.2, -0.15) is 0 Å². The summed E-state index contributed by atoms with van der Waals surface area (Å²) >= 11 is 2.28. The fourth-order valence-corrected chi connectivity index (χ4v) is 3.14. The Morgan fingerprint density at radius 3 is 2.55 bits per heavy atom. The number of rotatable bonds is 2. The van der Waals surface area contributed by atoms with Crippen LogP contribution in [-0.4, -0.2) is 29.9 Å². The molecule has 2 N–H and O–H groups in total. The molecule has 0 aromatic heterocycles. The average molecular weight is 409 g/mol. The van der Waals surface area contributed by atoms with E-state index < -0.39 is 0 Å². The van der Waals surface area contributed by atoms with E-state index in [0.717, 1.165) is 40.6 Å². The number of carbonyl (C=O) groups is 1. The summed E-state index contributed by atoms with van der Waals surface area (Å²) in [4.78, 5) is 14.5. The summed E-state index contributed by atoms with van der Waals surface area (Å²) < 4.78 is 1.15. The second-order valence-corrected chi connectivity index (χ2v) is 6.56. The van der Waals surface area contributed by atoms with Crippen molar-refractivity contribution in [2.45, 2.75) is 32.7 Å². The van der Waals surface area contributed by atoms with E-state index in [0.29, 0.717) is 5.92 Å². The highest BCUT2D eigenvalue weighted by Gasteiger charge is 2.26. The first-order valence-electron chi connectivity index (χ1n) is 6.80. The van der Waals surface area contributed by atoms with Crippen LogP contribution in [-0.2, 0) is 0 Å². The largest absolute Gasteiger partial charge is 0.339 e. The number of piperidine rings is 1. The van der Waals surface area contributed by atoms with Gasteiger partial charge in [-0.25, -0.2) is 0 Å². The monoisotopic (exact) mass is 408 g/mol. The minimum Gasteiger partial charge on any atom is -0.339 e. The Bertz CT molecular complexity index is 471. The summed E-state index contributed by atoms with van der Waals surface area (Å²) in [6.07, 6.45) is 2.04. The number of hydrogen-bond donors (Lipinski definition) is 1. The summed E-state index contributed by atoms with van der Waals surface area (Å²) in [6.45, 7) is 5.74. The molecule has 1 atom stereocenters. The second-order valence-electron chi connectivity index (χ2n) is 5.40. The van der Waals surface area contributed by atoms with E-state index in [2.05, 4.69) is 29.5 Å². The van der Waals surface area contributed by atoms with E-state index in [9.17, 15) is 4.79 Å². The Labute approximate surface area is 140 Å². The molecular formula is C15H22ClIN2O. The molecule has 112 valence electrons. The highest BCUT2D eigenvalue weighted by atomic mass is 127. The van der Waals surface area contributed by atoms with Crippen molar-refractivity contribution >= 4 is 40.9 Å². The van der Waals surface area contributed by atoms with E-state index in [1.165, 1.54) is 0 Å². The van der Waals surface area contributed by atoms with E-state index in [1.807, 2.05) is 30.0 Å². The standard InChI is InChI=1S/C15H21IN2O.ClH/c1-10-13(4-3-5-14(10)16)15(19)18-8-6-12(7-9-18)11(2)17;/h3-5,11-12H,6-9,17H2,1-2H3;1H. The molecule has 0 radical (unpaired) electrons. The van der Waals surface area contributed by atoms with Crippen molar-refractivity contribution in [3.63, 3.8) is 0 Å². The van der Waals surface area contributed by atoms with Gasteiger partial charge in [0.2, 0.25) is 0 Å². The third kappa shape index (κ3) is 3.86. The molecule has 1 aliphatic heterocycles. The van der Waals surface area contributed by atoms with Gasteiger partial charge in [0.05, 0.1) is 0 Å². The first-order valence-corrected chi connectivity index (χ1v) is 7.88. The molecule has 1 aliphatic rings. The zero-order valence-electron chi connectivity index (χ0n) is 11.9. The molecule has 1 aromatic carbocycles. The lowest BCUT2D eigenvalue weighted by molar-refractivity contribution is 0.0680. The molecule has 1 amide bonds. The van der Waals surface area contributed by atoms with Crippen LogP contribution in [0.5, 0.6) is 0 Å². The summed E-state index contributed by atoms with van der Waals surface area (Å²) in [6, 6.07) is 6.15. The van der Waals surface area contributed by atoms with Crippen LogP contribution in [0.1, 0.15) is 35.7 Å². The van der Waals surface area contributed by atoms with Gasteiger partial charge in [0.1, 0.15) is 0 Å². The predicted octanol–water partition coefficient (Wildman–Crippen LogP) is 3.22. The average Bonchev–Trinajstić information content (AvgIpc) is 2.41. The van der Waals surface area contributed by atoms with Crippen molar-refractivity contribution in [2.75, 3.05) is 13.1 Å². The van der Waals surface area contributed by atoms with Gasteiger partial charge in [0.25, 0.3) is 5.91 Å². The van der Waals surface area contributed by atoms with Crippen LogP contribution >= 0.6 is 35.0 Å². The molecule has 20 heavy (non-hydrogen) atoms. The maximum atomic E-state index is 12.5. The number of hydrogen-bond acceptors (Lipinski definition) is 2. The van der Waals surface area contributed by atoms with Gasteiger partial charge < -0.3 is 10.6 Å². The van der Waals surface area contributed by atoms with Gasteiger partial charge in [-0.3, -0.25) is 4.79 Å². The molecular weight excluding hydrogens is 387 g/mol. The number of halogens is 2. The van der Waals surface area contributed by atoms with Crippen LogP contribution in [0.15, 0.2) is 18.2 Å². The van der Waals surface area contributed by atoms with Crippen molar-refractivity contribution in [1.82, 2.24) is 4.90 Å². The number of amides is 1. The Hall–Kier alpha value is -0.330. The molecule has 3 nitrogen and oxygen atoms in total. The Kier molecular flexibility index (Phi) is 6.75. The van der Waals surface area contributed by atoms with Gasteiger partial charge in [-0.15, -0.1) is 12.4 Å². The van der Waals surface area contributed by atoms with Crippen LogP contribution < -0.4 is 5.73 Å². The molecule has 1 heterocycles. The zero-order chi connectivity index (χ0) is 14.0. The Morgan fingerprint density at radius 2 is 2.00 bits per heavy atom. The van der Waals surface area contributed by atoms with Gasteiger partial charge in [-0.1, -0.05) is 6.07 Å². The summed E-state index contributed by atoms with van der Waals surface area (Å²) in [5, 5.41) is 0. The third-order valence-corrected chi connectivity index (χ3v) is 5.24. The smallest absolute Gasteiger partial charge is 0.254 e. The fourth-order valence-electron chi connectivity index (χ4n) is 2.64. The number of carbonyl (C=O) groups excluding carboxylic acids is 1.